The Hall–Kier alpha value is -3.06. The van der Waals surface area contributed by atoms with E-state index >= 15 is 0 Å². The molecular formula is C20H19FN4O2. The summed E-state index contributed by atoms with van der Waals surface area (Å²) in [5.74, 6) is -0.470. The Morgan fingerprint density at radius 2 is 1.93 bits per heavy atom. The maximum absolute atomic E-state index is 13.1. The molecule has 0 spiro atoms. The van der Waals surface area contributed by atoms with Crippen LogP contribution in [0, 0.1) is 5.82 Å². The molecule has 1 saturated heterocycles. The molecule has 2 aromatic carbocycles. The van der Waals surface area contributed by atoms with Crippen LogP contribution in [0.25, 0.3) is 0 Å². The van der Waals surface area contributed by atoms with Gasteiger partial charge in [-0.05, 0) is 23.3 Å². The van der Waals surface area contributed by atoms with E-state index in [4.69, 9.17) is 4.74 Å². The van der Waals surface area contributed by atoms with Gasteiger partial charge in [0.25, 0.3) is 5.91 Å². The van der Waals surface area contributed by atoms with Crippen molar-refractivity contribution < 1.29 is 13.9 Å². The highest BCUT2D eigenvalue weighted by Gasteiger charge is 2.27. The summed E-state index contributed by atoms with van der Waals surface area (Å²) in [5, 5.41) is 8.09. The molecule has 1 amide bonds. The van der Waals surface area contributed by atoms with Gasteiger partial charge < -0.3 is 9.64 Å². The van der Waals surface area contributed by atoms with Crippen molar-refractivity contribution in [3.63, 3.8) is 0 Å². The average molecular weight is 366 g/mol. The van der Waals surface area contributed by atoms with Crippen molar-refractivity contribution >= 4 is 5.91 Å². The van der Waals surface area contributed by atoms with E-state index in [2.05, 4.69) is 10.3 Å². The van der Waals surface area contributed by atoms with Crippen molar-refractivity contribution in [2.24, 2.45) is 0 Å². The predicted octanol–water partition coefficient (Wildman–Crippen LogP) is 2.68. The molecule has 0 aliphatic carbocycles. The fraction of sp³-hybridized carbons (Fsp3) is 0.250. The van der Waals surface area contributed by atoms with Crippen LogP contribution in [0.5, 0.6) is 0 Å². The van der Waals surface area contributed by atoms with Gasteiger partial charge in [0.05, 0.1) is 25.9 Å². The molecule has 1 atom stereocenters. The molecule has 138 valence electrons. The minimum atomic E-state index is -0.294. The van der Waals surface area contributed by atoms with E-state index in [1.165, 1.54) is 12.1 Å². The molecule has 27 heavy (non-hydrogen) atoms. The molecule has 4 rings (SSSR count). The van der Waals surface area contributed by atoms with Gasteiger partial charge in [-0.2, -0.15) is 0 Å². The summed E-state index contributed by atoms with van der Waals surface area (Å²) >= 11 is 0. The minimum Gasteiger partial charge on any atom is -0.370 e. The number of ether oxygens (including phenoxy) is 1. The van der Waals surface area contributed by atoms with Crippen LogP contribution in [-0.4, -0.2) is 45.5 Å². The number of carbonyl (C=O) groups excluding carboxylic acids is 1. The van der Waals surface area contributed by atoms with Gasteiger partial charge in [0, 0.05) is 6.54 Å². The van der Waals surface area contributed by atoms with E-state index in [-0.39, 0.29) is 17.8 Å². The van der Waals surface area contributed by atoms with Crippen LogP contribution in [0.15, 0.2) is 60.8 Å². The third-order valence-electron chi connectivity index (χ3n) is 4.54. The topological polar surface area (TPSA) is 60.2 Å². The zero-order valence-corrected chi connectivity index (χ0v) is 14.7. The van der Waals surface area contributed by atoms with Crippen molar-refractivity contribution in [3.05, 3.63) is 83.4 Å². The number of carbonyl (C=O) groups is 1. The molecule has 2 heterocycles. The summed E-state index contributed by atoms with van der Waals surface area (Å²) in [6, 6.07) is 16.0. The second-order valence-electron chi connectivity index (χ2n) is 6.45. The summed E-state index contributed by atoms with van der Waals surface area (Å²) in [7, 11) is 0. The first kappa shape index (κ1) is 17.4. The van der Waals surface area contributed by atoms with E-state index < -0.39 is 0 Å². The third kappa shape index (κ3) is 4.03. The number of morpholine rings is 1. The van der Waals surface area contributed by atoms with Gasteiger partial charge >= 0.3 is 0 Å². The Morgan fingerprint density at radius 1 is 1.15 bits per heavy atom. The van der Waals surface area contributed by atoms with Crippen molar-refractivity contribution in [3.8, 4) is 0 Å². The van der Waals surface area contributed by atoms with Crippen molar-refractivity contribution in [1.29, 1.82) is 0 Å². The Kier molecular flexibility index (Phi) is 4.93. The minimum absolute atomic E-state index is 0.176. The van der Waals surface area contributed by atoms with Gasteiger partial charge in [-0.1, -0.05) is 47.7 Å². The SMILES string of the molecule is O=C(c1cn(Cc2ccccc2)nn1)N1CCOC(c2ccc(F)cc2)C1. The van der Waals surface area contributed by atoms with Gasteiger partial charge in [-0.25, -0.2) is 9.07 Å². The summed E-state index contributed by atoms with van der Waals surface area (Å²) in [5.41, 5.74) is 2.25. The molecule has 1 unspecified atom stereocenters. The summed E-state index contributed by atoms with van der Waals surface area (Å²) in [6.45, 7) is 1.87. The first-order valence-corrected chi connectivity index (χ1v) is 8.79. The first-order chi connectivity index (χ1) is 13.2. The van der Waals surface area contributed by atoms with Gasteiger partial charge in [0.15, 0.2) is 5.69 Å². The van der Waals surface area contributed by atoms with E-state index in [0.29, 0.717) is 31.9 Å². The van der Waals surface area contributed by atoms with Gasteiger partial charge in [0.2, 0.25) is 0 Å². The van der Waals surface area contributed by atoms with Gasteiger partial charge in [-0.15, -0.1) is 5.10 Å². The highest BCUT2D eigenvalue weighted by Crippen LogP contribution is 2.23. The molecule has 3 aromatic rings. The molecule has 0 bridgehead atoms. The molecule has 1 aliphatic heterocycles. The number of aromatic nitrogens is 3. The Bertz CT molecular complexity index is 911. The Labute approximate surface area is 156 Å². The van der Waals surface area contributed by atoms with Crippen LogP contribution in [-0.2, 0) is 11.3 Å². The molecule has 0 saturated carbocycles. The summed E-state index contributed by atoms with van der Waals surface area (Å²) in [6.07, 6.45) is 1.39. The number of nitrogens with zero attached hydrogens (tertiary/aromatic N) is 4. The van der Waals surface area contributed by atoms with Gasteiger partial charge in [0.1, 0.15) is 11.9 Å². The molecule has 1 fully saturated rings. The lowest BCUT2D eigenvalue weighted by atomic mass is 10.1. The van der Waals surface area contributed by atoms with Crippen LogP contribution in [0.3, 0.4) is 0 Å². The zero-order valence-electron chi connectivity index (χ0n) is 14.7. The lowest BCUT2D eigenvalue weighted by Gasteiger charge is -2.32. The second-order valence-corrected chi connectivity index (χ2v) is 6.45. The number of halogens is 1. The first-order valence-electron chi connectivity index (χ1n) is 8.79. The zero-order chi connectivity index (χ0) is 18.6. The molecule has 0 N–H and O–H groups in total. The Balaban J connectivity index is 1.44. The highest BCUT2D eigenvalue weighted by atomic mass is 19.1. The van der Waals surface area contributed by atoms with Crippen LogP contribution in [0.4, 0.5) is 4.39 Å². The van der Waals surface area contributed by atoms with Crippen molar-refractivity contribution in [2.45, 2.75) is 12.6 Å². The molecule has 1 aromatic heterocycles. The fourth-order valence-corrected chi connectivity index (χ4v) is 3.12. The van der Waals surface area contributed by atoms with Crippen LogP contribution in [0.2, 0.25) is 0 Å². The monoisotopic (exact) mass is 366 g/mol. The summed E-state index contributed by atoms with van der Waals surface area (Å²) < 4.78 is 20.5. The second kappa shape index (κ2) is 7.67. The molecular weight excluding hydrogens is 347 g/mol. The van der Waals surface area contributed by atoms with E-state index in [9.17, 15) is 9.18 Å². The summed E-state index contributed by atoms with van der Waals surface area (Å²) in [4.78, 5) is 14.5. The quantitative estimate of drug-likeness (QED) is 0.712. The van der Waals surface area contributed by atoms with Crippen LogP contribution < -0.4 is 0 Å². The average Bonchev–Trinajstić information content (AvgIpc) is 3.17. The van der Waals surface area contributed by atoms with Crippen LogP contribution >= 0.6 is 0 Å². The highest BCUT2D eigenvalue weighted by molar-refractivity contribution is 5.92. The van der Waals surface area contributed by atoms with E-state index in [1.807, 2.05) is 30.3 Å². The van der Waals surface area contributed by atoms with Crippen LogP contribution in [0.1, 0.15) is 27.7 Å². The smallest absolute Gasteiger partial charge is 0.276 e. The predicted molar refractivity (Wildman–Crippen MR) is 96.6 cm³/mol. The van der Waals surface area contributed by atoms with E-state index in [0.717, 1.165) is 11.1 Å². The molecule has 1 aliphatic rings. The number of hydrogen-bond donors (Lipinski definition) is 0. The number of benzene rings is 2. The lowest BCUT2D eigenvalue weighted by molar-refractivity contribution is -0.0230. The van der Waals surface area contributed by atoms with Crippen molar-refractivity contribution in [1.82, 2.24) is 19.9 Å². The third-order valence-corrected chi connectivity index (χ3v) is 4.54. The normalized spacial score (nSPS) is 17.1. The maximum atomic E-state index is 13.1. The van der Waals surface area contributed by atoms with Gasteiger partial charge in [-0.3, -0.25) is 4.79 Å². The number of hydrogen-bond acceptors (Lipinski definition) is 4. The van der Waals surface area contributed by atoms with Crippen molar-refractivity contribution in [2.75, 3.05) is 19.7 Å². The van der Waals surface area contributed by atoms with E-state index in [1.54, 1.807) is 27.9 Å². The Morgan fingerprint density at radius 3 is 2.70 bits per heavy atom. The lowest BCUT2D eigenvalue weighted by Crippen LogP contribution is -2.42. The fourth-order valence-electron chi connectivity index (χ4n) is 3.12. The molecule has 0 radical (unpaired) electrons. The number of amides is 1. The maximum Gasteiger partial charge on any atom is 0.276 e. The molecule has 6 nitrogen and oxygen atoms in total. The number of rotatable bonds is 4. The largest absolute Gasteiger partial charge is 0.370 e. The standard InChI is InChI=1S/C20H19FN4O2/c21-17-8-6-16(7-9-17)19-14-24(10-11-27-19)20(26)18-13-25(23-22-18)12-15-4-2-1-3-5-15/h1-9,13,19H,10-12,14H2. The molecule has 7 heteroatoms.